The molecule has 0 atom stereocenters. The third-order valence-electron chi connectivity index (χ3n) is 5.05. The van der Waals surface area contributed by atoms with Gasteiger partial charge in [0.25, 0.3) is 5.91 Å². The first-order valence-corrected chi connectivity index (χ1v) is 8.59. The van der Waals surface area contributed by atoms with Gasteiger partial charge in [0, 0.05) is 36.1 Å². The Morgan fingerprint density at radius 2 is 1.88 bits per heavy atom. The molecule has 0 saturated carbocycles. The van der Waals surface area contributed by atoms with Gasteiger partial charge in [-0.2, -0.15) is 0 Å². The van der Waals surface area contributed by atoms with Gasteiger partial charge in [-0.15, -0.1) is 0 Å². The van der Waals surface area contributed by atoms with Gasteiger partial charge in [-0.25, -0.2) is 0 Å². The predicted molar refractivity (Wildman–Crippen MR) is 96.1 cm³/mol. The third-order valence-corrected chi connectivity index (χ3v) is 5.05. The van der Waals surface area contributed by atoms with Gasteiger partial charge >= 0.3 is 0 Å². The Labute approximate surface area is 146 Å². The highest BCUT2D eigenvalue weighted by molar-refractivity contribution is 6.06. The smallest absolute Gasteiger partial charge is 0.258 e. The lowest BCUT2D eigenvalue weighted by molar-refractivity contribution is 0.0985. The van der Waals surface area contributed by atoms with Crippen LogP contribution in [0.3, 0.4) is 0 Å². The van der Waals surface area contributed by atoms with Crippen LogP contribution in [0.4, 0.5) is 5.69 Å². The number of hydrogen-bond acceptors (Lipinski definition) is 2. The zero-order valence-electron chi connectivity index (χ0n) is 13.8. The van der Waals surface area contributed by atoms with E-state index in [1.165, 1.54) is 0 Å². The Morgan fingerprint density at radius 1 is 0.960 bits per heavy atom. The molecule has 2 aromatic carbocycles. The van der Waals surface area contributed by atoms with Gasteiger partial charge in [0.05, 0.1) is 13.2 Å². The van der Waals surface area contributed by atoms with E-state index in [0.29, 0.717) is 13.2 Å². The largest absolute Gasteiger partial charge is 0.493 e. The first-order chi connectivity index (χ1) is 12.3. The number of carbonyl (C=O) groups is 1. The monoisotopic (exact) mass is 330 g/mol. The highest BCUT2D eigenvalue weighted by Gasteiger charge is 2.25. The third kappa shape index (κ3) is 2.33. The lowest BCUT2D eigenvalue weighted by Crippen LogP contribution is -2.30. The SMILES string of the molecule is O=C(c1ccc2c(c1)CCO2)N1Cc2cccn2Cc2ccccc21. The second-order valence-corrected chi connectivity index (χ2v) is 6.57. The summed E-state index contributed by atoms with van der Waals surface area (Å²) in [6.07, 6.45) is 2.95. The Balaban J connectivity index is 1.59. The molecule has 1 aromatic heterocycles. The highest BCUT2D eigenvalue weighted by atomic mass is 16.5. The number of para-hydroxylation sites is 1. The van der Waals surface area contributed by atoms with E-state index in [2.05, 4.69) is 22.9 Å². The Bertz CT molecular complexity index is 974. The number of hydrogen-bond donors (Lipinski definition) is 0. The number of amides is 1. The van der Waals surface area contributed by atoms with Gasteiger partial charge in [-0.3, -0.25) is 4.79 Å². The number of carbonyl (C=O) groups excluding carboxylic acids is 1. The molecule has 2 aliphatic rings. The molecule has 1 amide bonds. The molecule has 0 aliphatic carbocycles. The first-order valence-electron chi connectivity index (χ1n) is 8.59. The minimum atomic E-state index is 0.0387. The zero-order chi connectivity index (χ0) is 16.8. The Morgan fingerprint density at radius 3 is 2.84 bits per heavy atom. The summed E-state index contributed by atoms with van der Waals surface area (Å²) in [5.74, 6) is 0.943. The van der Waals surface area contributed by atoms with Crippen molar-refractivity contribution in [2.24, 2.45) is 0 Å². The van der Waals surface area contributed by atoms with E-state index in [4.69, 9.17) is 4.74 Å². The van der Waals surface area contributed by atoms with E-state index in [0.717, 1.165) is 46.8 Å². The van der Waals surface area contributed by atoms with E-state index >= 15 is 0 Å². The number of aromatic nitrogens is 1. The van der Waals surface area contributed by atoms with Crippen LogP contribution in [-0.2, 0) is 19.5 Å². The van der Waals surface area contributed by atoms with E-state index in [1.54, 1.807) is 0 Å². The fourth-order valence-corrected chi connectivity index (χ4v) is 3.74. The summed E-state index contributed by atoms with van der Waals surface area (Å²) in [5.41, 5.74) is 5.15. The molecule has 4 nitrogen and oxygen atoms in total. The second-order valence-electron chi connectivity index (χ2n) is 6.57. The quantitative estimate of drug-likeness (QED) is 0.683. The molecule has 3 aromatic rings. The van der Waals surface area contributed by atoms with Crippen LogP contribution in [0, 0.1) is 0 Å². The van der Waals surface area contributed by atoms with Crippen LogP contribution in [0.25, 0.3) is 0 Å². The number of nitrogens with zero attached hydrogens (tertiary/aromatic N) is 2. The molecule has 0 radical (unpaired) electrons. The predicted octanol–water partition coefficient (Wildman–Crippen LogP) is 3.63. The van der Waals surface area contributed by atoms with Crippen LogP contribution in [0.15, 0.2) is 60.8 Å². The van der Waals surface area contributed by atoms with Crippen LogP contribution in [0.1, 0.15) is 27.2 Å². The fourth-order valence-electron chi connectivity index (χ4n) is 3.74. The average molecular weight is 330 g/mol. The van der Waals surface area contributed by atoms with E-state index in [1.807, 2.05) is 47.4 Å². The van der Waals surface area contributed by atoms with Crippen LogP contribution >= 0.6 is 0 Å². The summed E-state index contributed by atoms with van der Waals surface area (Å²) >= 11 is 0. The Kier molecular flexibility index (Phi) is 3.17. The highest BCUT2D eigenvalue weighted by Crippen LogP contribution is 2.31. The lowest BCUT2D eigenvalue weighted by atomic mass is 10.1. The van der Waals surface area contributed by atoms with Crippen LogP contribution in [0.5, 0.6) is 5.75 Å². The number of benzene rings is 2. The standard InChI is InChI=1S/C21H18N2O2/c24-21(16-7-8-20-15(12-16)9-11-25-20)23-14-18-5-3-10-22(18)13-17-4-1-2-6-19(17)23/h1-8,10,12H,9,11,13-14H2. The van der Waals surface area contributed by atoms with Crippen molar-refractivity contribution in [3.63, 3.8) is 0 Å². The number of fused-ring (bicyclic) bond motifs is 3. The second kappa shape index (κ2) is 5.52. The molecule has 0 N–H and O–H groups in total. The molecule has 25 heavy (non-hydrogen) atoms. The van der Waals surface area contributed by atoms with Gasteiger partial charge in [0.15, 0.2) is 0 Å². The van der Waals surface area contributed by atoms with Gasteiger partial charge < -0.3 is 14.2 Å². The molecule has 0 bridgehead atoms. The average Bonchev–Trinajstić information content (AvgIpc) is 3.25. The molecular formula is C21H18N2O2. The fraction of sp³-hybridized carbons (Fsp3) is 0.190. The molecule has 0 fully saturated rings. The van der Waals surface area contributed by atoms with Gasteiger partial charge in [0.2, 0.25) is 0 Å². The van der Waals surface area contributed by atoms with Crippen molar-refractivity contribution < 1.29 is 9.53 Å². The normalized spacial score (nSPS) is 15.0. The molecular weight excluding hydrogens is 312 g/mol. The van der Waals surface area contributed by atoms with Crippen molar-refractivity contribution in [2.45, 2.75) is 19.5 Å². The van der Waals surface area contributed by atoms with Gasteiger partial charge in [-0.1, -0.05) is 18.2 Å². The van der Waals surface area contributed by atoms with Crippen molar-refractivity contribution >= 4 is 11.6 Å². The molecule has 124 valence electrons. The maximum absolute atomic E-state index is 13.3. The summed E-state index contributed by atoms with van der Waals surface area (Å²) in [5, 5.41) is 0. The lowest BCUT2D eigenvalue weighted by Gasteiger charge is -2.23. The van der Waals surface area contributed by atoms with Gasteiger partial charge in [0.1, 0.15) is 5.75 Å². The number of ether oxygens (including phenoxy) is 1. The molecule has 5 rings (SSSR count). The topological polar surface area (TPSA) is 34.5 Å². The molecule has 0 spiro atoms. The first kappa shape index (κ1) is 14.3. The van der Waals surface area contributed by atoms with Crippen molar-refractivity contribution in [1.82, 2.24) is 4.57 Å². The van der Waals surface area contributed by atoms with Crippen molar-refractivity contribution in [2.75, 3.05) is 11.5 Å². The van der Waals surface area contributed by atoms with E-state index in [-0.39, 0.29) is 5.91 Å². The van der Waals surface area contributed by atoms with Crippen LogP contribution in [-0.4, -0.2) is 17.1 Å². The summed E-state index contributed by atoms with van der Waals surface area (Å²) in [6, 6.07) is 18.1. The number of rotatable bonds is 1. The maximum Gasteiger partial charge on any atom is 0.258 e. The summed E-state index contributed by atoms with van der Waals surface area (Å²) in [7, 11) is 0. The van der Waals surface area contributed by atoms with Crippen LogP contribution in [0.2, 0.25) is 0 Å². The summed E-state index contributed by atoms with van der Waals surface area (Å²) in [6.45, 7) is 2.07. The van der Waals surface area contributed by atoms with E-state index < -0.39 is 0 Å². The van der Waals surface area contributed by atoms with E-state index in [9.17, 15) is 4.79 Å². The van der Waals surface area contributed by atoms with Crippen molar-refractivity contribution in [1.29, 1.82) is 0 Å². The molecule has 4 heteroatoms. The molecule has 3 heterocycles. The number of anilines is 1. The van der Waals surface area contributed by atoms with Crippen molar-refractivity contribution in [3.05, 3.63) is 83.2 Å². The van der Waals surface area contributed by atoms with Gasteiger partial charge in [-0.05, 0) is 47.5 Å². The zero-order valence-corrected chi connectivity index (χ0v) is 13.8. The molecule has 2 aliphatic heterocycles. The maximum atomic E-state index is 13.3. The van der Waals surface area contributed by atoms with Crippen LogP contribution < -0.4 is 9.64 Å². The molecule has 0 unspecified atom stereocenters. The Hall–Kier alpha value is -3.01. The minimum Gasteiger partial charge on any atom is -0.493 e. The summed E-state index contributed by atoms with van der Waals surface area (Å²) < 4.78 is 7.77. The summed E-state index contributed by atoms with van der Waals surface area (Å²) in [4.78, 5) is 15.2. The minimum absolute atomic E-state index is 0.0387. The molecule has 0 saturated heterocycles. The van der Waals surface area contributed by atoms with Crippen molar-refractivity contribution in [3.8, 4) is 5.75 Å².